The van der Waals surface area contributed by atoms with Crippen molar-refractivity contribution in [3.63, 3.8) is 0 Å². The monoisotopic (exact) mass is 281 g/mol. The molecular weight excluding hydrogens is 258 g/mol. The highest BCUT2D eigenvalue weighted by Gasteiger charge is 2.19. The third-order valence-corrected chi connectivity index (χ3v) is 4.40. The van der Waals surface area contributed by atoms with E-state index in [1.165, 1.54) is 36.1 Å². The van der Waals surface area contributed by atoms with Crippen molar-refractivity contribution in [2.45, 2.75) is 45.1 Å². The summed E-state index contributed by atoms with van der Waals surface area (Å²) < 4.78 is 0. The van der Waals surface area contributed by atoms with Crippen molar-refractivity contribution >= 4 is 0 Å². The lowest BCUT2D eigenvalue weighted by atomic mass is 10.0. The van der Waals surface area contributed by atoms with Gasteiger partial charge in [0.05, 0.1) is 0 Å². The predicted molar refractivity (Wildman–Crippen MR) is 86.2 cm³/mol. The van der Waals surface area contributed by atoms with E-state index in [1.54, 1.807) is 0 Å². The van der Waals surface area contributed by atoms with Crippen LogP contribution >= 0.6 is 0 Å². The van der Waals surface area contributed by atoms with Crippen LogP contribution in [0.3, 0.4) is 0 Å². The summed E-state index contributed by atoms with van der Waals surface area (Å²) in [7, 11) is 2.02. The third-order valence-electron chi connectivity index (χ3n) is 4.40. The van der Waals surface area contributed by atoms with E-state index in [0.717, 1.165) is 24.2 Å². The second-order valence-corrected chi connectivity index (χ2v) is 5.73. The van der Waals surface area contributed by atoms with Crippen molar-refractivity contribution in [2.75, 3.05) is 7.05 Å². The van der Waals surface area contributed by atoms with Crippen molar-refractivity contribution in [1.82, 2.24) is 15.3 Å². The highest BCUT2D eigenvalue weighted by molar-refractivity contribution is 5.55. The van der Waals surface area contributed by atoms with Crippen LogP contribution in [0, 0.1) is 0 Å². The zero-order valence-corrected chi connectivity index (χ0v) is 12.9. The fraction of sp³-hybridized carbons (Fsp3) is 0.444. The number of rotatable bonds is 3. The summed E-state index contributed by atoms with van der Waals surface area (Å²) in [6.07, 6.45) is 7.80. The normalized spacial score (nSPS) is 18.1. The van der Waals surface area contributed by atoms with E-state index < -0.39 is 0 Å². The topological polar surface area (TPSA) is 37.8 Å². The molecule has 2 aromatic rings. The average molecular weight is 281 g/mol. The Bertz CT molecular complexity index is 604. The van der Waals surface area contributed by atoms with Gasteiger partial charge in [-0.05, 0) is 38.3 Å². The number of aromatic nitrogens is 2. The molecule has 1 unspecified atom stereocenters. The van der Waals surface area contributed by atoms with Gasteiger partial charge in [-0.1, -0.05) is 37.6 Å². The second kappa shape index (κ2) is 6.35. The molecule has 0 aliphatic heterocycles. The van der Waals surface area contributed by atoms with Gasteiger partial charge in [0.2, 0.25) is 0 Å². The first kappa shape index (κ1) is 14.2. The summed E-state index contributed by atoms with van der Waals surface area (Å²) in [5.74, 6) is 0.855. The lowest BCUT2D eigenvalue weighted by Gasteiger charge is -2.16. The molecule has 0 bridgehead atoms. The maximum atomic E-state index is 4.85. The Balaban J connectivity index is 1.95. The minimum absolute atomic E-state index is 0.402. The maximum absolute atomic E-state index is 4.85. The van der Waals surface area contributed by atoms with Crippen LogP contribution in [0.1, 0.15) is 49.0 Å². The van der Waals surface area contributed by atoms with E-state index in [2.05, 4.69) is 41.5 Å². The SMILES string of the molecule is CCc1ccc(-c2ncc3c(n2)CCCCC3NC)cc1. The molecule has 0 fully saturated rings. The molecule has 0 saturated heterocycles. The van der Waals surface area contributed by atoms with Crippen molar-refractivity contribution in [1.29, 1.82) is 0 Å². The average Bonchev–Trinajstić information content (AvgIpc) is 2.76. The van der Waals surface area contributed by atoms with Gasteiger partial charge in [-0.15, -0.1) is 0 Å². The molecule has 0 spiro atoms. The fourth-order valence-electron chi connectivity index (χ4n) is 3.04. The van der Waals surface area contributed by atoms with E-state index in [1.807, 2.05) is 13.2 Å². The highest BCUT2D eigenvalue weighted by atomic mass is 14.9. The van der Waals surface area contributed by atoms with E-state index in [0.29, 0.717) is 6.04 Å². The Morgan fingerprint density at radius 2 is 2.00 bits per heavy atom. The van der Waals surface area contributed by atoms with Crippen molar-refractivity contribution < 1.29 is 0 Å². The van der Waals surface area contributed by atoms with Gasteiger partial charge in [-0.2, -0.15) is 0 Å². The van der Waals surface area contributed by atoms with Crippen LogP contribution in [0.5, 0.6) is 0 Å². The first-order valence-electron chi connectivity index (χ1n) is 7.94. The molecule has 0 radical (unpaired) electrons. The zero-order valence-electron chi connectivity index (χ0n) is 12.9. The quantitative estimate of drug-likeness (QED) is 0.872. The molecule has 1 atom stereocenters. The van der Waals surface area contributed by atoms with Gasteiger partial charge in [-0.3, -0.25) is 0 Å². The van der Waals surface area contributed by atoms with Crippen molar-refractivity contribution in [2.24, 2.45) is 0 Å². The molecule has 1 aromatic carbocycles. The van der Waals surface area contributed by atoms with Gasteiger partial charge in [0.15, 0.2) is 5.82 Å². The molecule has 3 heteroatoms. The van der Waals surface area contributed by atoms with Crippen LogP contribution in [0.4, 0.5) is 0 Å². The van der Waals surface area contributed by atoms with Gasteiger partial charge in [0.25, 0.3) is 0 Å². The van der Waals surface area contributed by atoms with E-state index >= 15 is 0 Å². The third kappa shape index (κ3) is 2.98. The number of fused-ring (bicyclic) bond motifs is 1. The van der Waals surface area contributed by atoms with Gasteiger partial charge < -0.3 is 5.32 Å². The Labute approximate surface area is 126 Å². The Morgan fingerprint density at radius 1 is 1.19 bits per heavy atom. The van der Waals surface area contributed by atoms with Gasteiger partial charge in [0, 0.05) is 29.1 Å². The molecule has 1 aliphatic carbocycles. The molecule has 1 N–H and O–H groups in total. The van der Waals surface area contributed by atoms with Crippen LogP contribution in [0.2, 0.25) is 0 Å². The maximum Gasteiger partial charge on any atom is 0.159 e. The lowest BCUT2D eigenvalue weighted by Crippen LogP contribution is -2.17. The van der Waals surface area contributed by atoms with E-state index in [4.69, 9.17) is 4.98 Å². The highest BCUT2D eigenvalue weighted by Crippen LogP contribution is 2.28. The number of hydrogen-bond acceptors (Lipinski definition) is 3. The number of hydrogen-bond donors (Lipinski definition) is 1. The van der Waals surface area contributed by atoms with E-state index in [9.17, 15) is 0 Å². The summed E-state index contributed by atoms with van der Waals surface area (Å²) in [4.78, 5) is 9.45. The summed E-state index contributed by atoms with van der Waals surface area (Å²) in [5.41, 5.74) is 4.96. The van der Waals surface area contributed by atoms with Gasteiger partial charge in [-0.25, -0.2) is 9.97 Å². The molecular formula is C18H23N3. The molecule has 1 heterocycles. The molecule has 3 rings (SSSR count). The predicted octanol–water partition coefficient (Wildman–Crippen LogP) is 3.69. The number of aryl methyl sites for hydroxylation is 2. The molecule has 110 valence electrons. The Morgan fingerprint density at radius 3 is 2.71 bits per heavy atom. The Hall–Kier alpha value is -1.74. The van der Waals surface area contributed by atoms with E-state index in [-0.39, 0.29) is 0 Å². The van der Waals surface area contributed by atoms with Gasteiger partial charge in [0.1, 0.15) is 0 Å². The lowest BCUT2D eigenvalue weighted by molar-refractivity contribution is 0.532. The fourth-order valence-corrected chi connectivity index (χ4v) is 3.04. The first-order valence-corrected chi connectivity index (χ1v) is 7.94. The number of benzene rings is 1. The number of nitrogens with zero attached hydrogens (tertiary/aromatic N) is 2. The van der Waals surface area contributed by atoms with Crippen LogP contribution in [-0.4, -0.2) is 17.0 Å². The summed E-state index contributed by atoms with van der Waals surface area (Å²) in [6.45, 7) is 2.17. The number of nitrogens with one attached hydrogen (secondary N) is 1. The minimum Gasteiger partial charge on any atom is -0.313 e. The van der Waals surface area contributed by atoms with Crippen molar-refractivity contribution in [3.05, 3.63) is 47.3 Å². The standard InChI is InChI=1S/C18H23N3/c1-3-13-8-10-14(11-9-13)18-20-12-15-16(19-2)6-4-5-7-17(15)21-18/h8-12,16,19H,3-7H2,1-2H3. The molecule has 1 aromatic heterocycles. The van der Waals surface area contributed by atoms with Gasteiger partial charge >= 0.3 is 0 Å². The summed E-state index contributed by atoms with van der Waals surface area (Å²) in [6, 6.07) is 9.00. The molecule has 1 aliphatic rings. The van der Waals surface area contributed by atoms with Crippen LogP contribution in [-0.2, 0) is 12.8 Å². The molecule has 0 saturated carbocycles. The minimum atomic E-state index is 0.402. The second-order valence-electron chi connectivity index (χ2n) is 5.73. The smallest absolute Gasteiger partial charge is 0.159 e. The molecule has 21 heavy (non-hydrogen) atoms. The summed E-state index contributed by atoms with van der Waals surface area (Å²) in [5, 5.41) is 3.39. The largest absolute Gasteiger partial charge is 0.313 e. The van der Waals surface area contributed by atoms with Crippen LogP contribution < -0.4 is 5.32 Å². The first-order chi connectivity index (χ1) is 10.3. The summed E-state index contributed by atoms with van der Waals surface area (Å²) >= 11 is 0. The molecule has 0 amide bonds. The Kier molecular flexibility index (Phi) is 4.30. The van der Waals surface area contributed by atoms with Crippen LogP contribution in [0.25, 0.3) is 11.4 Å². The van der Waals surface area contributed by atoms with Crippen molar-refractivity contribution in [3.8, 4) is 11.4 Å². The van der Waals surface area contributed by atoms with Crippen LogP contribution in [0.15, 0.2) is 30.5 Å². The zero-order chi connectivity index (χ0) is 14.7. The molecule has 3 nitrogen and oxygen atoms in total.